The first-order valence-electron chi connectivity index (χ1n) is 10.1. The molecule has 0 spiro atoms. The summed E-state index contributed by atoms with van der Waals surface area (Å²) in [6.07, 6.45) is -6.66. The number of hydrogen-bond donors (Lipinski definition) is 2. The minimum absolute atomic E-state index is 0.0409. The number of nitrogens with two attached hydrogens (primary N) is 1. The lowest BCUT2D eigenvalue weighted by Crippen LogP contribution is -2.47. The fourth-order valence-electron chi connectivity index (χ4n) is 4.12. The van der Waals surface area contributed by atoms with Crippen molar-refractivity contribution in [1.82, 2.24) is 4.98 Å². The Bertz CT molecular complexity index is 1140. The average molecular weight is 487 g/mol. The van der Waals surface area contributed by atoms with E-state index < -0.39 is 58.9 Å². The first-order valence-corrected chi connectivity index (χ1v) is 10.1. The number of alkyl halides is 3. The van der Waals surface area contributed by atoms with Gasteiger partial charge in [0.05, 0.1) is 7.11 Å². The molecule has 1 aromatic carbocycles. The number of nitrogens with zero attached hydrogens (tertiary/aromatic N) is 1. The molecule has 0 bridgehead atoms. The maximum atomic E-state index is 14.4. The van der Waals surface area contributed by atoms with Gasteiger partial charge in [0.2, 0.25) is 5.82 Å². The molecule has 0 radical (unpaired) electrons. The molecular weight excluding hydrogens is 465 g/mol. The first-order chi connectivity index (χ1) is 15.7. The molecule has 4 atom stereocenters. The number of ether oxygens (including phenoxy) is 2. The highest BCUT2D eigenvalue weighted by Crippen LogP contribution is 2.55. The van der Waals surface area contributed by atoms with Gasteiger partial charge >= 0.3 is 6.18 Å². The third-order valence-corrected chi connectivity index (χ3v) is 6.04. The van der Waals surface area contributed by atoms with Gasteiger partial charge in [-0.2, -0.15) is 17.6 Å². The number of aryl methyl sites for hydroxylation is 1. The summed E-state index contributed by atoms with van der Waals surface area (Å²) in [5.41, 5.74) is 2.45. The Kier molecular flexibility index (Phi) is 6.57. The van der Waals surface area contributed by atoms with Gasteiger partial charge in [-0.05, 0) is 32.0 Å². The van der Waals surface area contributed by atoms with Gasteiger partial charge in [-0.25, -0.2) is 9.37 Å². The second-order valence-corrected chi connectivity index (χ2v) is 8.18. The van der Waals surface area contributed by atoms with Crippen LogP contribution < -0.4 is 15.8 Å². The molecule has 2 amide bonds. The topological polar surface area (TPSA) is 104 Å². The van der Waals surface area contributed by atoms with Crippen LogP contribution >= 0.6 is 0 Å². The summed E-state index contributed by atoms with van der Waals surface area (Å²) in [7, 11) is 1.03. The zero-order chi connectivity index (χ0) is 25.6. The van der Waals surface area contributed by atoms with E-state index in [0.29, 0.717) is 5.69 Å². The van der Waals surface area contributed by atoms with Crippen LogP contribution in [0.2, 0.25) is 0 Å². The van der Waals surface area contributed by atoms with Crippen LogP contribution in [0.25, 0.3) is 0 Å². The minimum Gasteiger partial charge on any atom is -0.493 e. The number of aromatic nitrogens is 1. The van der Waals surface area contributed by atoms with Crippen LogP contribution in [0.15, 0.2) is 24.3 Å². The molecule has 0 unspecified atom stereocenters. The minimum atomic E-state index is -4.89. The summed E-state index contributed by atoms with van der Waals surface area (Å²) in [6, 6.07) is 4.33. The van der Waals surface area contributed by atoms with Crippen LogP contribution in [0, 0.1) is 24.5 Å². The molecule has 184 valence electrons. The molecule has 1 aliphatic heterocycles. The maximum absolute atomic E-state index is 14.4. The molecule has 1 saturated heterocycles. The van der Waals surface area contributed by atoms with E-state index in [2.05, 4.69) is 10.3 Å². The maximum Gasteiger partial charge on any atom is 0.417 e. The summed E-state index contributed by atoms with van der Waals surface area (Å²) in [4.78, 5) is 28.5. The molecule has 7 nitrogen and oxygen atoms in total. The summed E-state index contributed by atoms with van der Waals surface area (Å²) in [5.74, 6) is -7.93. The van der Waals surface area contributed by atoms with Crippen LogP contribution in [0.3, 0.4) is 0 Å². The fourth-order valence-corrected chi connectivity index (χ4v) is 4.12. The number of primary amides is 1. The van der Waals surface area contributed by atoms with Gasteiger partial charge in [0.1, 0.15) is 11.8 Å². The Balaban J connectivity index is 2.09. The molecule has 0 aliphatic carbocycles. The van der Waals surface area contributed by atoms with Gasteiger partial charge in [-0.1, -0.05) is 13.0 Å². The Morgan fingerprint density at radius 3 is 2.44 bits per heavy atom. The summed E-state index contributed by atoms with van der Waals surface area (Å²) in [5, 5.41) is 2.41. The molecule has 1 fully saturated rings. The number of nitrogens with one attached hydrogen (secondary N) is 1. The largest absolute Gasteiger partial charge is 0.493 e. The van der Waals surface area contributed by atoms with Crippen LogP contribution in [0.1, 0.15) is 41.5 Å². The van der Waals surface area contributed by atoms with Gasteiger partial charge < -0.3 is 20.5 Å². The molecule has 34 heavy (non-hydrogen) atoms. The van der Waals surface area contributed by atoms with E-state index in [1.165, 1.54) is 19.9 Å². The number of halogens is 5. The van der Waals surface area contributed by atoms with Crippen LogP contribution in [-0.4, -0.2) is 41.8 Å². The lowest BCUT2D eigenvalue weighted by atomic mass is 9.77. The highest BCUT2D eigenvalue weighted by molar-refractivity contribution is 5.97. The summed E-state index contributed by atoms with van der Waals surface area (Å²) in [6.45, 7) is 3.51. The van der Waals surface area contributed by atoms with Crippen LogP contribution in [0.4, 0.5) is 27.6 Å². The molecule has 3 N–H and O–H groups in total. The standard InChI is InChI=1S/C22H22F5N3O4/c1-9-7-11(8-14(29-9)19(28)31)30-20(32)18-15(10(2)21(3,34-18)22(25,26)27)12-5-6-13(23)16(24)17(12)33-4/h5-8,10,15,18H,1-4H3,(H2,28,31)(H,29,30,32)/t10-,15+,18+,21-/m0/s1. The number of carbonyl (C=O) groups excluding carboxylic acids is 2. The van der Waals surface area contributed by atoms with Crippen LogP contribution in [-0.2, 0) is 9.53 Å². The molecule has 2 aromatic rings. The summed E-state index contributed by atoms with van der Waals surface area (Å²) < 4.78 is 80.3. The molecule has 2 heterocycles. The van der Waals surface area contributed by atoms with Crippen molar-refractivity contribution in [2.24, 2.45) is 11.7 Å². The number of methoxy groups -OCH3 is 1. The number of pyridine rings is 1. The number of hydrogen-bond acceptors (Lipinski definition) is 5. The average Bonchev–Trinajstić information content (AvgIpc) is 3.01. The molecule has 3 rings (SSSR count). The number of amides is 2. The van der Waals surface area contributed by atoms with Gasteiger partial charge in [0, 0.05) is 28.8 Å². The Hall–Kier alpha value is -3.28. The van der Waals surface area contributed by atoms with Crippen molar-refractivity contribution in [3.05, 3.63) is 52.9 Å². The van der Waals surface area contributed by atoms with Crippen molar-refractivity contribution < 1.29 is 41.0 Å². The van der Waals surface area contributed by atoms with Crippen molar-refractivity contribution >= 4 is 17.5 Å². The lowest BCUT2D eigenvalue weighted by molar-refractivity contribution is -0.272. The van der Waals surface area contributed by atoms with Crippen molar-refractivity contribution in [3.8, 4) is 5.75 Å². The highest BCUT2D eigenvalue weighted by Gasteiger charge is 2.65. The monoisotopic (exact) mass is 487 g/mol. The van der Waals surface area contributed by atoms with E-state index in [-0.39, 0.29) is 16.9 Å². The quantitative estimate of drug-likeness (QED) is 0.624. The zero-order valence-corrected chi connectivity index (χ0v) is 18.6. The Morgan fingerprint density at radius 2 is 1.88 bits per heavy atom. The number of benzene rings is 1. The Labute approximate surface area is 191 Å². The van der Waals surface area contributed by atoms with Crippen molar-refractivity contribution in [2.75, 3.05) is 12.4 Å². The molecule has 12 heteroatoms. The third kappa shape index (κ3) is 4.29. The normalized spacial score (nSPS) is 24.7. The SMILES string of the molecule is COc1c([C@@H]2[C@H](C(=O)Nc3cc(C)nc(C(N)=O)c3)O[C@](C)(C(F)(F)F)[C@H]2C)ccc(F)c1F. The third-order valence-electron chi connectivity index (χ3n) is 6.04. The van der Waals surface area contributed by atoms with Gasteiger partial charge in [0.15, 0.2) is 17.2 Å². The number of anilines is 1. The van der Waals surface area contributed by atoms with E-state index in [4.69, 9.17) is 15.2 Å². The summed E-state index contributed by atoms with van der Waals surface area (Å²) >= 11 is 0. The fraction of sp³-hybridized carbons (Fsp3) is 0.409. The van der Waals surface area contributed by atoms with Crippen LogP contribution in [0.5, 0.6) is 5.75 Å². The number of carbonyl (C=O) groups is 2. The highest BCUT2D eigenvalue weighted by atomic mass is 19.4. The predicted molar refractivity (Wildman–Crippen MR) is 110 cm³/mol. The zero-order valence-electron chi connectivity index (χ0n) is 18.6. The second kappa shape index (κ2) is 8.82. The van der Waals surface area contributed by atoms with E-state index in [9.17, 15) is 31.5 Å². The first kappa shape index (κ1) is 25.3. The Morgan fingerprint density at radius 1 is 1.24 bits per heavy atom. The molecule has 0 saturated carbocycles. The van der Waals surface area contributed by atoms with Crippen molar-refractivity contribution in [3.63, 3.8) is 0 Å². The molecule has 1 aromatic heterocycles. The van der Waals surface area contributed by atoms with E-state index in [0.717, 1.165) is 32.2 Å². The lowest BCUT2D eigenvalue weighted by Gasteiger charge is -2.32. The van der Waals surface area contributed by atoms with Crippen molar-refractivity contribution in [1.29, 1.82) is 0 Å². The molecule has 1 aliphatic rings. The van der Waals surface area contributed by atoms with Gasteiger partial charge in [-0.3, -0.25) is 9.59 Å². The van der Waals surface area contributed by atoms with E-state index in [1.807, 2.05) is 0 Å². The van der Waals surface area contributed by atoms with E-state index in [1.54, 1.807) is 0 Å². The van der Waals surface area contributed by atoms with Gasteiger partial charge in [0.25, 0.3) is 11.8 Å². The second-order valence-electron chi connectivity index (χ2n) is 8.18. The smallest absolute Gasteiger partial charge is 0.417 e. The molecular formula is C22H22F5N3O4. The van der Waals surface area contributed by atoms with E-state index >= 15 is 0 Å². The van der Waals surface area contributed by atoms with Crippen molar-refractivity contribution in [2.45, 2.75) is 44.6 Å². The number of rotatable bonds is 5. The predicted octanol–water partition coefficient (Wildman–Crippen LogP) is 3.85. The van der Waals surface area contributed by atoms with Gasteiger partial charge in [-0.15, -0.1) is 0 Å².